The molecule has 3 aromatic rings. The molecule has 9 heteroatoms. The summed E-state index contributed by atoms with van der Waals surface area (Å²) < 4.78 is 0. The number of nitrogens with zero attached hydrogens (tertiary/aromatic N) is 2. The number of fused-ring (bicyclic) bond motifs is 1. The standard InChI is InChI=1S/C17H19N7O2/c18-14(25)5-6-19-15-11(9-1-2-9)8-20-16(24-15)21-10-3-4-12-13(7-10)23-17(26)22-12/h3-4,7-9H,1-2,5-6H2,(H2,18,25)(H2,22,23,26)(H2,19,20,21,24). The van der Waals surface area contributed by atoms with Gasteiger partial charge in [0.25, 0.3) is 0 Å². The Bertz CT molecular complexity index is 1020. The molecule has 0 saturated heterocycles. The van der Waals surface area contributed by atoms with Crippen molar-refractivity contribution in [2.75, 3.05) is 17.2 Å². The third-order valence-electron chi connectivity index (χ3n) is 4.27. The number of anilines is 3. The lowest BCUT2D eigenvalue weighted by atomic mass is 10.2. The van der Waals surface area contributed by atoms with Crippen LogP contribution in [0.2, 0.25) is 0 Å². The maximum atomic E-state index is 11.4. The Kier molecular flexibility index (Phi) is 4.04. The van der Waals surface area contributed by atoms with Crippen LogP contribution in [-0.2, 0) is 4.79 Å². The van der Waals surface area contributed by atoms with Crippen molar-refractivity contribution in [3.8, 4) is 0 Å². The largest absolute Gasteiger partial charge is 0.370 e. The van der Waals surface area contributed by atoms with Crippen molar-refractivity contribution in [2.45, 2.75) is 25.2 Å². The average Bonchev–Trinajstić information content (AvgIpc) is 3.36. The molecule has 1 aliphatic rings. The summed E-state index contributed by atoms with van der Waals surface area (Å²) in [5, 5.41) is 6.32. The second-order valence-electron chi connectivity index (χ2n) is 6.38. The molecule has 0 aliphatic heterocycles. The first-order chi connectivity index (χ1) is 12.6. The summed E-state index contributed by atoms with van der Waals surface area (Å²) in [4.78, 5) is 36.7. The molecule has 1 aromatic carbocycles. The molecule has 1 aliphatic carbocycles. The highest BCUT2D eigenvalue weighted by Crippen LogP contribution is 2.42. The van der Waals surface area contributed by atoms with E-state index in [1.54, 1.807) is 6.07 Å². The first-order valence-corrected chi connectivity index (χ1v) is 8.46. The highest BCUT2D eigenvalue weighted by atomic mass is 16.1. The Labute approximate surface area is 148 Å². The Morgan fingerprint density at radius 1 is 1.27 bits per heavy atom. The molecule has 6 N–H and O–H groups in total. The first-order valence-electron chi connectivity index (χ1n) is 8.46. The topological polar surface area (TPSA) is 142 Å². The summed E-state index contributed by atoms with van der Waals surface area (Å²) in [7, 11) is 0. The van der Waals surface area contributed by atoms with Crippen molar-refractivity contribution in [3.63, 3.8) is 0 Å². The zero-order valence-corrected chi connectivity index (χ0v) is 14.0. The summed E-state index contributed by atoms with van der Waals surface area (Å²) in [5.41, 5.74) is 8.21. The van der Waals surface area contributed by atoms with Crippen molar-refractivity contribution in [3.05, 3.63) is 40.4 Å². The van der Waals surface area contributed by atoms with E-state index in [9.17, 15) is 9.59 Å². The van der Waals surface area contributed by atoms with Crippen LogP contribution in [0.1, 0.15) is 30.7 Å². The van der Waals surface area contributed by atoms with Gasteiger partial charge >= 0.3 is 5.69 Å². The molecule has 1 amide bonds. The van der Waals surface area contributed by atoms with Crippen LogP contribution in [0.5, 0.6) is 0 Å². The van der Waals surface area contributed by atoms with E-state index in [1.807, 2.05) is 18.3 Å². The van der Waals surface area contributed by atoms with E-state index in [2.05, 4.69) is 30.6 Å². The quantitative estimate of drug-likeness (QED) is 0.436. The van der Waals surface area contributed by atoms with Crippen molar-refractivity contribution in [2.24, 2.45) is 5.73 Å². The van der Waals surface area contributed by atoms with Crippen molar-refractivity contribution in [1.82, 2.24) is 19.9 Å². The van der Waals surface area contributed by atoms with Gasteiger partial charge in [0.05, 0.1) is 11.0 Å². The summed E-state index contributed by atoms with van der Waals surface area (Å²) in [6.45, 7) is 0.433. The minimum atomic E-state index is -0.355. The number of amides is 1. The lowest BCUT2D eigenvalue weighted by molar-refractivity contribution is -0.117. The van der Waals surface area contributed by atoms with Crippen LogP contribution in [-0.4, -0.2) is 32.4 Å². The van der Waals surface area contributed by atoms with Gasteiger partial charge in [-0.3, -0.25) is 4.79 Å². The van der Waals surface area contributed by atoms with Crippen LogP contribution in [0.4, 0.5) is 17.5 Å². The zero-order chi connectivity index (χ0) is 18.1. The number of rotatable bonds is 7. The van der Waals surface area contributed by atoms with Gasteiger partial charge in [-0.1, -0.05) is 0 Å². The average molecular weight is 353 g/mol. The third kappa shape index (κ3) is 3.51. The van der Waals surface area contributed by atoms with Crippen molar-refractivity contribution in [1.29, 1.82) is 0 Å². The van der Waals surface area contributed by atoms with Gasteiger partial charge in [-0.25, -0.2) is 9.78 Å². The number of nitrogens with two attached hydrogens (primary N) is 1. The van der Waals surface area contributed by atoms with Gasteiger partial charge in [-0.15, -0.1) is 0 Å². The molecule has 9 nitrogen and oxygen atoms in total. The molecule has 1 saturated carbocycles. The number of hydrogen-bond donors (Lipinski definition) is 5. The first kappa shape index (κ1) is 16.1. The zero-order valence-electron chi connectivity index (χ0n) is 14.0. The number of aromatic amines is 2. The molecular formula is C17H19N7O2. The molecule has 0 bridgehead atoms. The molecule has 0 atom stereocenters. The minimum Gasteiger partial charge on any atom is -0.370 e. The van der Waals surface area contributed by atoms with E-state index in [4.69, 9.17) is 5.73 Å². The fourth-order valence-electron chi connectivity index (χ4n) is 2.83. The minimum absolute atomic E-state index is 0.244. The lowest BCUT2D eigenvalue weighted by Gasteiger charge is -2.12. The van der Waals surface area contributed by atoms with Gasteiger partial charge in [-0.05, 0) is 37.0 Å². The molecule has 0 radical (unpaired) electrons. The fraction of sp³-hybridized carbons (Fsp3) is 0.294. The van der Waals surface area contributed by atoms with Crippen LogP contribution < -0.4 is 22.1 Å². The van der Waals surface area contributed by atoms with Gasteiger partial charge in [0.15, 0.2) is 0 Å². The van der Waals surface area contributed by atoms with Crippen molar-refractivity contribution < 1.29 is 4.79 Å². The van der Waals surface area contributed by atoms with Gasteiger partial charge in [0.1, 0.15) is 5.82 Å². The molecule has 134 valence electrons. The van der Waals surface area contributed by atoms with Crippen LogP contribution in [0, 0.1) is 0 Å². The molecule has 26 heavy (non-hydrogen) atoms. The van der Waals surface area contributed by atoms with Crippen LogP contribution in [0.15, 0.2) is 29.2 Å². The number of nitrogens with one attached hydrogen (secondary N) is 4. The normalized spacial score (nSPS) is 13.7. The summed E-state index contributed by atoms with van der Waals surface area (Å²) in [6, 6.07) is 5.45. The van der Waals surface area contributed by atoms with E-state index in [0.29, 0.717) is 23.9 Å². The molecule has 0 unspecified atom stereocenters. The Balaban J connectivity index is 1.56. The predicted octanol–water partition coefficient (Wildman–Crippen LogP) is 1.55. The number of carbonyl (C=O) groups excluding carboxylic acids is 1. The number of benzene rings is 1. The number of aromatic nitrogens is 4. The number of primary amides is 1. The molecule has 4 rings (SSSR count). The molecule has 1 fully saturated rings. The Morgan fingerprint density at radius 3 is 2.85 bits per heavy atom. The maximum absolute atomic E-state index is 11.4. The van der Waals surface area contributed by atoms with Gasteiger partial charge in [0, 0.05) is 30.4 Å². The second-order valence-corrected chi connectivity index (χ2v) is 6.38. The lowest BCUT2D eigenvalue weighted by Crippen LogP contribution is -2.17. The SMILES string of the molecule is NC(=O)CCNc1nc(Nc2ccc3[nH]c(=O)[nH]c3c2)ncc1C1CC1. The molecule has 2 aromatic heterocycles. The highest BCUT2D eigenvalue weighted by molar-refractivity contribution is 5.79. The van der Waals surface area contributed by atoms with E-state index < -0.39 is 0 Å². The third-order valence-corrected chi connectivity index (χ3v) is 4.27. The number of carbonyl (C=O) groups is 1. The maximum Gasteiger partial charge on any atom is 0.323 e. The molecular weight excluding hydrogens is 334 g/mol. The van der Waals surface area contributed by atoms with Gasteiger partial charge in [-0.2, -0.15) is 4.98 Å². The number of hydrogen-bond acceptors (Lipinski definition) is 6. The molecule has 2 heterocycles. The van der Waals surface area contributed by atoms with E-state index in [-0.39, 0.29) is 18.0 Å². The summed E-state index contributed by atoms with van der Waals surface area (Å²) in [6.07, 6.45) is 4.31. The van der Waals surface area contributed by atoms with Crippen molar-refractivity contribution >= 4 is 34.4 Å². The summed E-state index contributed by atoms with van der Waals surface area (Å²) in [5.74, 6) is 1.28. The number of H-pyrrole nitrogens is 2. The van der Waals surface area contributed by atoms with Crippen LogP contribution in [0.3, 0.4) is 0 Å². The van der Waals surface area contributed by atoms with Crippen LogP contribution >= 0.6 is 0 Å². The van der Waals surface area contributed by atoms with Gasteiger partial charge in [0.2, 0.25) is 11.9 Å². The van der Waals surface area contributed by atoms with E-state index in [1.165, 1.54) is 0 Å². The van der Waals surface area contributed by atoms with E-state index in [0.717, 1.165) is 35.4 Å². The Hall–Kier alpha value is -3.36. The van der Waals surface area contributed by atoms with Gasteiger partial charge < -0.3 is 26.3 Å². The molecule has 0 spiro atoms. The fourth-order valence-corrected chi connectivity index (χ4v) is 2.83. The monoisotopic (exact) mass is 353 g/mol. The smallest absolute Gasteiger partial charge is 0.323 e. The number of imidazole rings is 1. The summed E-state index contributed by atoms with van der Waals surface area (Å²) >= 11 is 0. The highest BCUT2D eigenvalue weighted by Gasteiger charge is 2.27. The predicted molar refractivity (Wildman–Crippen MR) is 98.5 cm³/mol. The van der Waals surface area contributed by atoms with E-state index >= 15 is 0 Å². The Morgan fingerprint density at radius 2 is 2.08 bits per heavy atom. The second kappa shape index (κ2) is 6.51. The van der Waals surface area contributed by atoms with Crippen LogP contribution in [0.25, 0.3) is 11.0 Å².